The number of Topliss-reactive ketones (excluding diaryl/α,β-unsaturated/α-hetero) is 1. The topological polar surface area (TPSA) is 49.8 Å². The second-order valence-electron chi connectivity index (χ2n) is 3.74. The summed E-state index contributed by atoms with van der Waals surface area (Å²) in [6, 6.07) is 7.06. The zero-order chi connectivity index (χ0) is 12.7. The van der Waals surface area contributed by atoms with Gasteiger partial charge in [-0.25, -0.2) is 0 Å². The van der Waals surface area contributed by atoms with Gasteiger partial charge in [-0.15, -0.1) is 0 Å². The number of rotatable bonds is 7. The van der Waals surface area contributed by atoms with Gasteiger partial charge in [0, 0.05) is 12.1 Å². The van der Waals surface area contributed by atoms with Crippen molar-refractivity contribution in [3.05, 3.63) is 29.8 Å². The number of ketones is 1. The van der Waals surface area contributed by atoms with E-state index in [1.165, 1.54) is 0 Å². The van der Waals surface area contributed by atoms with Crippen LogP contribution in [0.3, 0.4) is 0 Å². The molecule has 0 aliphatic heterocycles. The van der Waals surface area contributed by atoms with Crippen LogP contribution in [0.25, 0.3) is 0 Å². The van der Waals surface area contributed by atoms with Crippen molar-refractivity contribution >= 4 is 5.78 Å². The van der Waals surface area contributed by atoms with Crippen LogP contribution in [-0.2, 0) is 0 Å². The van der Waals surface area contributed by atoms with Gasteiger partial charge < -0.3 is 9.84 Å². The van der Waals surface area contributed by atoms with E-state index in [4.69, 9.17) is 9.84 Å². The average Bonchev–Trinajstić information content (AvgIpc) is 2.38. The first-order valence-corrected chi connectivity index (χ1v) is 5.71. The molecule has 4 heteroatoms. The minimum Gasteiger partial charge on any atom is -0.497 e. The van der Waals surface area contributed by atoms with Gasteiger partial charge in [-0.3, -0.25) is 9.69 Å². The van der Waals surface area contributed by atoms with E-state index in [0.29, 0.717) is 18.7 Å². The van der Waals surface area contributed by atoms with Crippen molar-refractivity contribution in [3.8, 4) is 5.75 Å². The summed E-state index contributed by atoms with van der Waals surface area (Å²) in [4.78, 5) is 13.8. The third-order valence-corrected chi connectivity index (χ3v) is 2.64. The van der Waals surface area contributed by atoms with Crippen molar-refractivity contribution in [2.45, 2.75) is 6.92 Å². The predicted molar refractivity (Wildman–Crippen MR) is 66.5 cm³/mol. The monoisotopic (exact) mass is 237 g/mol. The molecule has 0 atom stereocenters. The van der Waals surface area contributed by atoms with Crippen molar-refractivity contribution in [3.63, 3.8) is 0 Å². The molecular formula is C13H19NO3. The lowest BCUT2D eigenvalue weighted by atomic mass is 10.1. The normalized spacial score (nSPS) is 10.6. The molecule has 94 valence electrons. The number of hydrogen-bond acceptors (Lipinski definition) is 4. The van der Waals surface area contributed by atoms with Crippen molar-refractivity contribution in [2.75, 3.05) is 33.4 Å². The highest BCUT2D eigenvalue weighted by Crippen LogP contribution is 2.12. The number of aliphatic hydroxyl groups is 1. The van der Waals surface area contributed by atoms with E-state index < -0.39 is 0 Å². The number of methoxy groups -OCH3 is 1. The Bertz CT molecular complexity index is 348. The Morgan fingerprint density at radius 1 is 1.35 bits per heavy atom. The van der Waals surface area contributed by atoms with E-state index in [-0.39, 0.29) is 12.4 Å². The average molecular weight is 237 g/mol. The second-order valence-corrected chi connectivity index (χ2v) is 3.74. The highest BCUT2D eigenvalue weighted by atomic mass is 16.5. The molecule has 1 rings (SSSR count). The summed E-state index contributed by atoms with van der Waals surface area (Å²) in [6.45, 7) is 3.66. The molecule has 0 amide bonds. The summed E-state index contributed by atoms with van der Waals surface area (Å²) in [5, 5.41) is 8.85. The maximum Gasteiger partial charge on any atom is 0.176 e. The van der Waals surface area contributed by atoms with Crippen LogP contribution in [0.4, 0.5) is 0 Å². The standard InChI is InChI=1S/C13H19NO3/c1-3-14(8-9-15)10-13(16)11-4-6-12(17-2)7-5-11/h4-7,15H,3,8-10H2,1-2H3. The number of hydrogen-bond donors (Lipinski definition) is 1. The highest BCUT2D eigenvalue weighted by molar-refractivity contribution is 5.97. The van der Waals surface area contributed by atoms with Crippen LogP contribution < -0.4 is 4.74 Å². The van der Waals surface area contributed by atoms with Gasteiger partial charge in [-0.05, 0) is 30.8 Å². The predicted octanol–water partition coefficient (Wildman–Crippen LogP) is 1.19. The lowest BCUT2D eigenvalue weighted by molar-refractivity contribution is 0.0919. The summed E-state index contributed by atoms with van der Waals surface area (Å²) >= 11 is 0. The van der Waals surface area contributed by atoms with Gasteiger partial charge in [0.05, 0.1) is 20.3 Å². The first kappa shape index (κ1) is 13.7. The Morgan fingerprint density at radius 3 is 2.47 bits per heavy atom. The van der Waals surface area contributed by atoms with Crippen molar-refractivity contribution < 1.29 is 14.6 Å². The number of benzene rings is 1. The van der Waals surface area contributed by atoms with Crippen LogP contribution >= 0.6 is 0 Å². The quantitative estimate of drug-likeness (QED) is 0.724. The number of ether oxygens (including phenoxy) is 1. The smallest absolute Gasteiger partial charge is 0.176 e. The minimum absolute atomic E-state index is 0.0583. The molecule has 0 aromatic heterocycles. The van der Waals surface area contributed by atoms with E-state index in [0.717, 1.165) is 12.3 Å². The van der Waals surface area contributed by atoms with Gasteiger partial charge in [-0.2, -0.15) is 0 Å². The molecule has 0 unspecified atom stereocenters. The Morgan fingerprint density at radius 2 is 2.00 bits per heavy atom. The van der Waals surface area contributed by atoms with E-state index in [1.807, 2.05) is 11.8 Å². The molecule has 0 spiro atoms. The van der Waals surface area contributed by atoms with Gasteiger partial charge in [0.25, 0.3) is 0 Å². The summed E-state index contributed by atoms with van der Waals surface area (Å²) in [5.41, 5.74) is 0.669. The molecule has 0 bridgehead atoms. The largest absolute Gasteiger partial charge is 0.497 e. The van der Waals surface area contributed by atoms with E-state index in [1.54, 1.807) is 31.4 Å². The summed E-state index contributed by atoms with van der Waals surface area (Å²) < 4.78 is 5.03. The van der Waals surface area contributed by atoms with Crippen molar-refractivity contribution in [2.24, 2.45) is 0 Å². The number of carbonyl (C=O) groups is 1. The molecule has 0 heterocycles. The zero-order valence-electron chi connectivity index (χ0n) is 10.3. The van der Waals surface area contributed by atoms with Crippen molar-refractivity contribution in [1.82, 2.24) is 4.90 Å². The Balaban J connectivity index is 2.62. The summed E-state index contributed by atoms with van der Waals surface area (Å²) in [7, 11) is 1.59. The summed E-state index contributed by atoms with van der Waals surface area (Å²) in [5.74, 6) is 0.798. The molecule has 0 aliphatic carbocycles. The number of nitrogens with zero attached hydrogens (tertiary/aromatic N) is 1. The molecule has 1 aromatic carbocycles. The molecule has 0 saturated carbocycles. The molecule has 0 aliphatic rings. The maximum atomic E-state index is 11.9. The van der Waals surface area contributed by atoms with Gasteiger partial charge >= 0.3 is 0 Å². The lowest BCUT2D eigenvalue weighted by Gasteiger charge is -2.17. The molecule has 0 fully saturated rings. The van der Waals surface area contributed by atoms with Crippen LogP contribution in [-0.4, -0.2) is 49.1 Å². The Kier molecular flexibility index (Phi) is 5.66. The molecule has 1 N–H and O–H groups in total. The summed E-state index contributed by atoms with van der Waals surface area (Å²) in [6.07, 6.45) is 0. The zero-order valence-corrected chi connectivity index (χ0v) is 10.3. The fourth-order valence-electron chi connectivity index (χ4n) is 1.56. The fraction of sp³-hybridized carbons (Fsp3) is 0.462. The van der Waals surface area contributed by atoms with Gasteiger partial charge in [0.1, 0.15) is 5.75 Å². The SMILES string of the molecule is CCN(CCO)CC(=O)c1ccc(OC)cc1. The number of aliphatic hydroxyl groups excluding tert-OH is 1. The van der Waals surface area contributed by atoms with Crippen LogP contribution in [0.1, 0.15) is 17.3 Å². The van der Waals surface area contributed by atoms with Crippen LogP contribution in [0.2, 0.25) is 0 Å². The van der Waals surface area contributed by atoms with Gasteiger partial charge in [0.15, 0.2) is 5.78 Å². The van der Waals surface area contributed by atoms with Gasteiger partial charge in [-0.1, -0.05) is 6.92 Å². The van der Waals surface area contributed by atoms with Crippen molar-refractivity contribution in [1.29, 1.82) is 0 Å². The number of likely N-dealkylation sites (N-methyl/N-ethyl adjacent to an activating group) is 1. The third-order valence-electron chi connectivity index (χ3n) is 2.64. The lowest BCUT2D eigenvalue weighted by Crippen LogP contribution is -2.32. The molecule has 1 aromatic rings. The molecule has 17 heavy (non-hydrogen) atoms. The van der Waals surface area contributed by atoms with Crippen LogP contribution in [0.15, 0.2) is 24.3 Å². The van der Waals surface area contributed by atoms with E-state index >= 15 is 0 Å². The third kappa shape index (κ3) is 4.17. The van der Waals surface area contributed by atoms with Crippen LogP contribution in [0.5, 0.6) is 5.75 Å². The van der Waals surface area contributed by atoms with E-state index in [2.05, 4.69) is 0 Å². The molecule has 0 radical (unpaired) electrons. The second kappa shape index (κ2) is 7.04. The Labute approximate surface area is 102 Å². The molecular weight excluding hydrogens is 218 g/mol. The molecule has 4 nitrogen and oxygen atoms in total. The number of carbonyl (C=O) groups excluding carboxylic acids is 1. The first-order valence-electron chi connectivity index (χ1n) is 5.71. The van der Waals surface area contributed by atoms with E-state index in [9.17, 15) is 4.79 Å². The molecule has 0 saturated heterocycles. The van der Waals surface area contributed by atoms with Crippen LogP contribution in [0, 0.1) is 0 Å². The fourth-order valence-corrected chi connectivity index (χ4v) is 1.56. The maximum absolute atomic E-state index is 11.9. The first-order chi connectivity index (χ1) is 8.21. The van der Waals surface area contributed by atoms with Gasteiger partial charge in [0.2, 0.25) is 0 Å². The Hall–Kier alpha value is -1.39. The minimum atomic E-state index is 0.0583. The highest BCUT2D eigenvalue weighted by Gasteiger charge is 2.10.